The number of hydrogen-bond acceptors (Lipinski definition) is 4. The van der Waals surface area contributed by atoms with Gasteiger partial charge in [0.2, 0.25) is 0 Å². The largest absolute Gasteiger partial charge is 0.495 e. The zero-order valence-electron chi connectivity index (χ0n) is 13.3. The van der Waals surface area contributed by atoms with Crippen molar-refractivity contribution >= 4 is 12.0 Å². The van der Waals surface area contributed by atoms with E-state index in [0.717, 1.165) is 56.9 Å². The summed E-state index contributed by atoms with van der Waals surface area (Å²) in [4.78, 5) is 16.0. The van der Waals surface area contributed by atoms with Crippen LogP contribution in [0.1, 0.15) is 20.3 Å². The highest BCUT2D eigenvalue weighted by Crippen LogP contribution is 2.29. The molecule has 0 spiro atoms. The lowest BCUT2D eigenvalue weighted by molar-refractivity contribution is -0.116. The molecule has 4 nitrogen and oxygen atoms in total. The van der Waals surface area contributed by atoms with Gasteiger partial charge in [0.1, 0.15) is 12.0 Å². The molecule has 1 aromatic carbocycles. The van der Waals surface area contributed by atoms with Crippen molar-refractivity contribution in [1.82, 2.24) is 4.90 Å². The van der Waals surface area contributed by atoms with Crippen molar-refractivity contribution in [2.45, 2.75) is 20.3 Å². The van der Waals surface area contributed by atoms with Crippen LogP contribution >= 0.6 is 0 Å². The number of aldehydes is 1. The first kappa shape index (κ1) is 15.8. The number of ether oxygens (including phenoxy) is 1. The maximum Gasteiger partial charge on any atom is 0.142 e. The summed E-state index contributed by atoms with van der Waals surface area (Å²) in [6.07, 6.45) is 2.00. The molecule has 1 atom stereocenters. The van der Waals surface area contributed by atoms with E-state index in [0.29, 0.717) is 0 Å². The number of benzene rings is 1. The van der Waals surface area contributed by atoms with Crippen LogP contribution in [0.2, 0.25) is 0 Å². The van der Waals surface area contributed by atoms with Crippen molar-refractivity contribution in [3.8, 4) is 5.75 Å². The van der Waals surface area contributed by atoms with Crippen LogP contribution in [-0.2, 0) is 4.79 Å². The predicted molar refractivity (Wildman–Crippen MR) is 86.1 cm³/mol. The Morgan fingerprint density at radius 1 is 1.24 bits per heavy atom. The van der Waals surface area contributed by atoms with Gasteiger partial charge in [-0.2, -0.15) is 0 Å². The van der Waals surface area contributed by atoms with E-state index in [1.807, 2.05) is 25.1 Å². The first-order valence-electron chi connectivity index (χ1n) is 7.68. The fourth-order valence-electron chi connectivity index (χ4n) is 2.78. The number of para-hydroxylation sites is 2. The van der Waals surface area contributed by atoms with Gasteiger partial charge in [0, 0.05) is 38.1 Å². The molecule has 21 heavy (non-hydrogen) atoms. The summed E-state index contributed by atoms with van der Waals surface area (Å²) >= 11 is 0. The second-order valence-electron chi connectivity index (χ2n) is 6.06. The van der Waals surface area contributed by atoms with Crippen molar-refractivity contribution < 1.29 is 9.53 Å². The number of piperazine rings is 1. The van der Waals surface area contributed by atoms with Gasteiger partial charge in [-0.1, -0.05) is 26.0 Å². The number of carbonyl (C=O) groups excluding carboxylic acids is 1. The molecule has 0 aliphatic carbocycles. The molecule has 116 valence electrons. The first-order valence-corrected chi connectivity index (χ1v) is 7.68. The fourth-order valence-corrected chi connectivity index (χ4v) is 2.78. The quantitative estimate of drug-likeness (QED) is 0.753. The number of methoxy groups -OCH3 is 1. The van der Waals surface area contributed by atoms with Crippen LogP contribution in [0.5, 0.6) is 5.75 Å². The molecule has 0 radical (unpaired) electrons. The Labute approximate surface area is 127 Å². The van der Waals surface area contributed by atoms with Crippen molar-refractivity contribution in [1.29, 1.82) is 0 Å². The summed E-state index contributed by atoms with van der Waals surface area (Å²) in [7, 11) is 1.71. The lowest BCUT2D eigenvalue weighted by Gasteiger charge is -2.39. The monoisotopic (exact) mass is 290 g/mol. The number of carbonyl (C=O) groups is 1. The van der Waals surface area contributed by atoms with Crippen LogP contribution in [-0.4, -0.2) is 51.0 Å². The van der Waals surface area contributed by atoms with E-state index in [1.165, 1.54) is 0 Å². The second kappa shape index (κ2) is 6.94. The lowest BCUT2D eigenvalue weighted by atomic mass is 9.88. The average molecular weight is 290 g/mol. The Morgan fingerprint density at radius 3 is 2.48 bits per heavy atom. The third-order valence-electron chi connectivity index (χ3n) is 4.48. The van der Waals surface area contributed by atoms with Crippen molar-refractivity contribution in [3.63, 3.8) is 0 Å². The molecule has 0 saturated carbocycles. The smallest absolute Gasteiger partial charge is 0.142 e. The molecular weight excluding hydrogens is 264 g/mol. The summed E-state index contributed by atoms with van der Waals surface area (Å²) in [5.74, 6) is 0.928. The molecule has 2 rings (SSSR count). The second-order valence-corrected chi connectivity index (χ2v) is 6.06. The van der Waals surface area contributed by atoms with Gasteiger partial charge in [0.15, 0.2) is 0 Å². The minimum absolute atomic E-state index is 0.216. The molecule has 1 heterocycles. The molecule has 0 amide bonds. The Hall–Kier alpha value is -1.55. The molecule has 0 N–H and O–H groups in total. The average Bonchev–Trinajstić information content (AvgIpc) is 2.55. The van der Waals surface area contributed by atoms with Gasteiger partial charge in [-0.15, -0.1) is 0 Å². The van der Waals surface area contributed by atoms with Gasteiger partial charge in [0.05, 0.1) is 12.8 Å². The number of hydrogen-bond donors (Lipinski definition) is 0. The summed E-state index contributed by atoms with van der Waals surface area (Å²) in [5, 5.41) is 0. The van der Waals surface area contributed by atoms with Crippen LogP contribution in [0.15, 0.2) is 24.3 Å². The summed E-state index contributed by atoms with van der Waals surface area (Å²) in [6.45, 7) is 8.90. The Bertz CT molecular complexity index is 470. The van der Waals surface area contributed by atoms with E-state index in [1.54, 1.807) is 7.11 Å². The van der Waals surface area contributed by atoms with Gasteiger partial charge in [-0.3, -0.25) is 4.90 Å². The van der Waals surface area contributed by atoms with E-state index < -0.39 is 0 Å². The molecule has 0 bridgehead atoms. The molecule has 1 unspecified atom stereocenters. The number of anilines is 1. The van der Waals surface area contributed by atoms with Crippen LogP contribution in [0.25, 0.3) is 0 Å². The SMILES string of the molecule is CCC(C)(C=O)CN1CCN(c2ccccc2OC)CC1. The van der Waals surface area contributed by atoms with Crippen molar-refractivity contribution in [2.24, 2.45) is 5.41 Å². The van der Waals surface area contributed by atoms with Gasteiger partial charge >= 0.3 is 0 Å². The zero-order valence-corrected chi connectivity index (χ0v) is 13.3. The molecule has 1 aliphatic heterocycles. The Kier molecular flexibility index (Phi) is 5.23. The minimum Gasteiger partial charge on any atom is -0.495 e. The minimum atomic E-state index is -0.216. The highest BCUT2D eigenvalue weighted by atomic mass is 16.5. The molecule has 4 heteroatoms. The molecular formula is C17H26N2O2. The van der Waals surface area contributed by atoms with E-state index in [2.05, 4.69) is 22.8 Å². The van der Waals surface area contributed by atoms with Crippen molar-refractivity contribution in [3.05, 3.63) is 24.3 Å². The lowest BCUT2D eigenvalue weighted by Crippen LogP contribution is -2.49. The van der Waals surface area contributed by atoms with Gasteiger partial charge < -0.3 is 14.4 Å². The number of rotatable bonds is 6. The molecule has 1 aliphatic rings. The van der Waals surface area contributed by atoms with Gasteiger partial charge in [0.25, 0.3) is 0 Å². The van der Waals surface area contributed by atoms with Gasteiger partial charge in [-0.05, 0) is 18.6 Å². The van der Waals surface area contributed by atoms with E-state index >= 15 is 0 Å². The molecule has 1 aromatic rings. The standard InChI is InChI=1S/C17H26N2O2/c1-4-17(2,14-20)13-18-9-11-19(12-10-18)15-7-5-6-8-16(15)21-3/h5-8,14H,4,9-13H2,1-3H3. The maximum absolute atomic E-state index is 11.2. The topological polar surface area (TPSA) is 32.8 Å². The fraction of sp³-hybridized carbons (Fsp3) is 0.588. The van der Waals surface area contributed by atoms with Crippen LogP contribution in [0.4, 0.5) is 5.69 Å². The highest BCUT2D eigenvalue weighted by molar-refractivity contribution is 5.59. The number of nitrogens with zero attached hydrogens (tertiary/aromatic N) is 2. The van der Waals surface area contributed by atoms with E-state index in [4.69, 9.17) is 4.74 Å². The molecule has 1 saturated heterocycles. The summed E-state index contributed by atoms with van der Waals surface area (Å²) in [6, 6.07) is 8.15. The highest BCUT2D eigenvalue weighted by Gasteiger charge is 2.27. The maximum atomic E-state index is 11.2. The third kappa shape index (κ3) is 3.76. The van der Waals surface area contributed by atoms with Crippen LogP contribution in [0.3, 0.4) is 0 Å². The Morgan fingerprint density at radius 2 is 1.90 bits per heavy atom. The van der Waals surface area contributed by atoms with E-state index in [-0.39, 0.29) is 5.41 Å². The van der Waals surface area contributed by atoms with E-state index in [9.17, 15) is 4.79 Å². The predicted octanol–water partition coefficient (Wildman–Crippen LogP) is 2.43. The molecule has 1 fully saturated rings. The summed E-state index contributed by atoms with van der Waals surface area (Å²) < 4.78 is 5.44. The Balaban J connectivity index is 1.96. The normalized spacial score (nSPS) is 19.1. The zero-order chi connectivity index (χ0) is 15.3. The summed E-state index contributed by atoms with van der Waals surface area (Å²) in [5.41, 5.74) is 0.945. The first-order chi connectivity index (χ1) is 10.1. The van der Waals surface area contributed by atoms with Crippen LogP contribution < -0.4 is 9.64 Å². The van der Waals surface area contributed by atoms with Gasteiger partial charge in [-0.25, -0.2) is 0 Å². The molecule has 0 aromatic heterocycles. The van der Waals surface area contributed by atoms with Crippen LogP contribution in [0, 0.1) is 5.41 Å². The van der Waals surface area contributed by atoms with Crippen molar-refractivity contribution in [2.75, 3.05) is 44.7 Å². The third-order valence-corrected chi connectivity index (χ3v) is 4.48.